The zero-order valence-electron chi connectivity index (χ0n) is 13.0. The molecule has 2 aromatic heterocycles. The summed E-state index contributed by atoms with van der Waals surface area (Å²) in [7, 11) is 1.62. The Morgan fingerprint density at radius 1 is 1.25 bits per heavy atom. The average Bonchev–Trinajstić information content (AvgIpc) is 2.97. The molecule has 7 nitrogen and oxygen atoms in total. The number of carbonyl (C=O) groups is 1. The van der Waals surface area contributed by atoms with Crippen LogP contribution in [-0.2, 0) is 0 Å². The summed E-state index contributed by atoms with van der Waals surface area (Å²) in [4.78, 5) is 20.5. The van der Waals surface area contributed by atoms with Crippen molar-refractivity contribution >= 4 is 17.7 Å². The molecule has 0 spiro atoms. The summed E-state index contributed by atoms with van der Waals surface area (Å²) in [6.45, 7) is 1.69. The second-order valence-electron chi connectivity index (χ2n) is 4.85. The molecule has 0 saturated carbocycles. The molecule has 0 bridgehead atoms. The van der Waals surface area contributed by atoms with E-state index >= 15 is 0 Å². The summed E-state index contributed by atoms with van der Waals surface area (Å²) >= 11 is 1.47. The van der Waals surface area contributed by atoms with Gasteiger partial charge in [-0.3, -0.25) is 0 Å². The summed E-state index contributed by atoms with van der Waals surface area (Å²) in [5, 5.41) is 13.9. The van der Waals surface area contributed by atoms with Crippen LogP contribution in [0, 0.1) is 6.92 Å². The molecule has 0 radical (unpaired) electrons. The highest BCUT2D eigenvalue weighted by molar-refractivity contribution is 7.99. The number of hydrogen-bond donors (Lipinski definition) is 1. The van der Waals surface area contributed by atoms with Crippen LogP contribution in [0.4, 0.5) is 0 Å². The fourth-order valence-corrected chi connectivity index (χ4v) is 2.89. The zero-order valence-corrected chi connectivity index (χ0v) is 13.8. The van der Waals surface area contributed by atoms with Gasteiger partial charge in [0.15, 0.2) is 5.82 Å². The van der Waals surface area contributed by atoms with Crippen molar-refractivity contribution in [3.8, 4) is 11.6 Å². The molecule has 0 aliphatic carbocycles. The Bertz CT molecular complexity index is 877. The van der Waals surface area contributed by atoms with Crippen LogP contribution in [0.15, 0.2) is 52.8 Å². The largest absolute Gasteiger partial charge is 0.497 e. The molecule has 2 heterocycles. The van der Waals surface area contributed by atoms with Gasteiger partial charge in [-0.1, -0.05) is 11.8 Å². The van der Waals surface area contributed by atoms with Gasteiger partial charge >= 0.3 is 5.97 Å². The highest BCUT2D eigenvalue weighted by Crippen LogP contribution is 2.28. The van der Waals surface area contributed by atoms with Gasteiger partial charge in [0.2, 0.25) is 0 Å². The number of methoxy groups -OCH3 is 1. The molecule has 24 heavy (non-hydrogen) atoms. The monoisotopic (exact) mass is 342 g/mol. The van der Waals surface area contributed by atoms with Crippen LogP contribution in [0.3, 0.4) is 0 Å². The number of nitrogens with zero attached hydrogens (tertiary/aromatic N) is 4. The molecule has 1 aromatic carbocycles. The number of carboxylic acids is 1. The van der Waals surface area contributed by atoms with Gasteiger partial charge in [-0.15, -0.1) is 0 Å². The van der Waals surface area contributed by atoms with E-state index in [2.05, 4.69) is 15.1 Å². The van der Waals surface area contributed by atoms with Gasteiger partial charge in [-0.05, 0) is 31.2 Å². The number of aromatic nitrogens is 4. The van der Waals surface area contributed by atoms with Gasteiger partial charge in [0, 0.05) is 11.0 Å². The summed E-state index contributed by atoms with van der Waals surface area (Å²) < 4.78 is 6.63. The third-order valence-corrected chi connectivity index (χ3v) is 4.31. The van der Waals surface area contributed by atoms with E-state index in [1.54, 1.807) is 20.1 Å². The maximum atomic E-state index is 11.1. The van der Waals surface area contributed by atoms with Crippen LogP contribution < -0.4 is 4.74 Å². The number of rotatable bonds is 5. The molecule has 0 aliphatic rings. The van der Waals surface area contributed by atoms with Gasteiger partial charge in [0.25, 0.3) is 0 Å². The smallest absolute Gasteiger partial charge is 0.339 e. The lowest BCUT2D eigenvalue weighted by Gasteiger charge is -2.06. The number of aromatic carboxylic acids is 1. The molecule has 122 valence electrons. The van der Waals surface area contributed by atoms with Crippen molar-refractivity contribution in [3.63, 3.8) is 0 Å². The van der Waals surface area contributed by atoms with Crippen LogP contribution in [0.25, 0.3) is 5.82 Å². The molecule has 0 unspecified atom stereocenters. The van der Waals surface area contributed by atoms with Crippen LogP contribution >= 0.6 is 11.8 Å². The number of hydrogen-bond acceptors (Lipinski definition) is 6. The van der Waals surface area contributed by atoms with Crippen molar-refractivity contribution in [2.45, 2.75) is 16.8 Å². The molecule has 0 atom stereocenters. The summed E-state index contributed by atoms with van der Waals surface area (Å²) in [6, 6.07) is 9.39. The van der Waals surface area contributed by atoms with E-state index in [1.165, 1.54) is 29.0 Å². The standard InChI is InChI=1S/C16H14N4O3S/c1-10-13(16(21)22)8-19-20(10)14-7-15(18-9-17-14)24-12-5-3-11(23-2)4-6-12/h3-9H,1-2H3,(H,21,22). The van der Waals surface area contributed by atoms with E-state index in [-0.39, 0.29) is 5.56 Å². The van der Waals surface area contributed by atoms with Gasteiger partial charge in [0.05, 0.1) is 19.0 Å². The van der Waals surface area contributed by atoms with E-state index in [9.17, 15) is 4.79 Å². The minimum absolute atomic E-state index is 0.151. The van der Waals surface area contributed by atoms with E-state index < -0.39 is 5.97 Å². The second kappa shape index (κ2) is 6.71. The molecule has 0 fully saturated rings. The van der Waals surface area contributed by atoms with Gasteiger partial charge < -0.3 is 9.84 Å². The Balaban J connectivity index is 1.87. The molecular formula is C16H14N4O3S. The predicted octanol–water partition coefficient (Wildman–Crippen LogP) is 2.83. The molecule has 8 heteroatoms. The summed E-state index contributed by atoms with van der Waals surface area (Å²) in [5.41, 5.74) is 0.666. The molecule has 1 N–H and O–H groups in total. The minimum atomic E-state index is -1.01. The Kier molecular flexibility index (Phi) is 4.48. The van der Waals surface area contributed by atoms with Crippen molar-refractivity contribution in [1.82, 2.24) is 19.7 Å². The topological polar surface area (TPSA) is 90.1 Å². The van der Waals surface area contributed by atoms with Crippen molar-refractivity contribution in [3.05, 3.63) is 54.1 Å². The maximum Gasteiger partial charge on any atom is 0.339 e. The van der Waals surface area contributed by atoms with Gasteiger partial charge in [-0.2, -0.15) is 5.10 Å². The van der Waals surface area contributed by atoms with E-state index in [4.69, 9.17) is 9.84 Å². The third kappa shape index (κ3) is 3.23. The van der Waals surface area contributed by atoms with Crippen molar-refractivity contribution in [2.24, 2.45) is 0 Å². The normalized spacial score (nSPS) is 10.6. The van der Waals surface area contributed by atoms with E-state index in [0.717, 1.165) is 15.7 Å². The average molecular weight is 342 g/mol. The van der Waals surface area contributed by atoms with E-state index in [1.807, 2.05) is 24.3 Å². The third-order valence-electron chi connectivity index (χ3n) is 3.37. The van der Waals surface area contributed by atoms with Gasteiger partial charge in [-0.25, -0.2) is 19.4 Å². The molecule has 0 saturated heterocycles. The van der Waals surface area contributed by atoms with Crippen LogP contribution in [0.1, 0.15) is 16.1 Å². The fourth-order valence-electron chi connectivity index (χ4n) is 2.12. The SMILES string of the molecule is COc1ccc(Sc2cc(-n3ncc(C(=O)O)c3C)ncn2)cc1. The first-order valence-corrected chi connectivity index (χ1v) is 7.82. The highest BCUT2D eigenvalue weighted by Gasteiger charge is 2.15. The number of ether oxygens (including phenoxy) is 1. The first kappa shape index (κ1) is 16.0. The lowest BCUT2D eigenvalue weighted by Crippen LogP contribution is -2.04. The minimum Gasteiger partial charge on any atom is -0.497 e. The summed E-state index contributed by atoms with van der Waals surface area (Å²) in [5.74, 6) is 0.294. The highest BCUT2D eigenvalue weighted by atomic mass is 32.2. The quantitative estimate of drug-likeness (QED) is 0.713. The number of carboxylic acid groups (broad SMARTS) is 1. The zero-order chi connectivity index (χ0) is 17.1. The van der Waals surface area contributed by atoms with Crippen molar-refractivity contribution < 1.29 is 14.6 Å². The van der Waals surface area contributed by atoms with Crippen LogP contribution in [0.2, 0.25) is 0 Å². The molecule has 3 aromatic rings. The molecular weight excluding hydrogens is 328 g/mol. The molecule has 3 rings (SSSR count). The Labute approximate surface area is 142 Å². The van der Waals surface area contributed by atoms with E-state index in [0.29, 0.717) is 11.5 Å². The van der Waals surface area contributed by atoms with Crippen molar-refractivity contribution in [1.29, 1.82) is 0 Å². The first-order valence-electron chi connectivity index (χ1n) is 7.00. The molecule has 0 aliphatic heterocycles. The van der Waals surface area contributed by atoms with Crippen molar-refractivity contribution in [2.75, 3.05) is 7.11 Å². The first-order chi connectivity index (χ1) is 11.6. The second-order valence-corrected chi connectivity index (χ2v) is 5.95. The van der Waals surface area contributed by atoms with Crippen LogP contribution in [0.5, 0.6) is 5.75 Å². The molecule has 0 amide bonds. The van der Waals surface area contributed by atoms with Gasteiger partial charge in [0.1, 0.15) is 22.7 Å². The lowest BCUT2D eigenvalue weighted by molar-refractivity contribution is 0.0696. The Morgan fingerprint density at radius 3 is 2.62 bits per heavy atom. The fraction of sp³-hybridized carbons (Fsp3) is 0.125. The Hall–Kier alpha value is -2.87. The number of benzene rings is 1. The predicted molar refractivity (Wildman–Crippen MR) is 88.0 cm³/mol. The Morgan fingerprint density at radius 2 is 2.00 bits per heavy atom. The summed E-state index contributed by atoms with van der Waals surface area (Å²) in [6.07, 6.45) is 2.75. The maximum absolute atomic E-state index is 11.1. The van der Waals surface area contributed by atoms with Crippen LogP contribution in [-0.4, -0.2) is 37.9 Å². The lowest BCUT2D eigenvalue weighted by atomic mass is 10.3.